The molecular weight excluding hydrogens is 422 g/mol. The molecule has 0 aromatic heterocycles. The third-order valence-electron chi connectivity index (χ3n) is 6.71. The first-order valence-electron chi connectivity index (χ1n) is 11.8. The van der Waals surface area contributed by atoms with Crippen molar-refractivity contribution in [1.82, 2.24) is 19.6 Å². The Bertz CT molecular complexity index is 768. The van der Waals surface area contributed by atoms with E-state index in [1.165, 1.54) is 6.42 Å². The van der Waals surface area contributed by atoms with Crippen molar-refractivity contribution in [3.63, 3.8) is 0 Å². The summed E-state index contributed by atoms with van der Waals surface area (Å²) in [6, 6.07) is 7.36. The van der Waals surface area contributed by atoms with Gasteiger partial charge in [-0.15, -0.1) is 0 Å². The van der Waals surface area contributed by atoms with Crippen LogP contribution in [0.1, 0.15) is 24.8 Å². The fourth-order valence-corrected chi connectivity index (χ4v) is 4.79. The van der Waals surface area contributed by atoms with Gasteiger partial charge in [-0.1, -0.05) is 12.1 Å². The van der Waals surface area contributed by atoms with E-state index in [9.17, 15) is 9.90 Å². The lowest BCUT2D eigenvalue weighted by molar-refractivity contribution is -0.143. The molecule has 2 bridgehead atoms. The van der Waals surface area contributed by atoms with Crippen molar-refractivity contribution in [2.45, 2.75) is 31.7 Å². The lowest BCUT2D eigenvalue weighted by Gasteiger charge is -2.36. The zero-order valence-corrected chi connectivity index (χ0v) is 20.1. The summed E-state index contributed by atoms with van der Waals surface area (Å²) in [5, 5.41) is 12.4. The summed E-state index contributed by atoms with van der Waals surface area (Å²) < 4.78 is 0. The molecule has 0 aliphatic carbocycles. The van der Waals surface area contributed by atoms with Crippen LogP contribution in [-0.2, 0) is 11.2 Å². The highest BCUT2D eigenvalue weighted by Gasteiger charge is 2.26. The molecule has 7 nitrogen and oxygen atoms in total. The largest absolute Gasteiger partial charge is 0.480 e. The van der Waals surface area contributed by atoms with Gasteiger partial charge in [-0.25, -0.2) is 0 Å². The lowest BCUT2D eigenvalue weighted by Crippen LogP contribution is -2.50. The van der Waals surface area contributed by atoms with Crippen molar-refractivity contribution in [2.24, 2.45) is 4.99 Å². The van der Waals surface area contributed by atoms with E-state index in [1.807, 2.05) is 24.3 Å². The molecule has 8 heteroatoms. The van der Waals surface area contributed by atoms with Gasteiger partial charge < -0.3 is 19.8 Å². The minimum Gasteiger partial charge on any atom is -0.480 e. The number of aliphatic carboxylic acids is 1. The summed E-state index contributed by atoms with van der Waals surface area (Å²) in [5.74, 6) is -0.713. The number of aryl methyl sites for hydroxylation is 1. The van der Waals surface area contributed by atoms with Crippen LogP contribution in [0.4, 0.5) is 5.69 Å². The topological polar surface area (TPSA) is 62.6 Å². The monoisotopic (exact) mass is 459 g/mol. The van der Waals surface area contributed by atoms with Gasteiger partial charge in [0.05, 0.1) is 10.8 Å². The average molecular weight is 460 g/mol. The number of carboxylic acid groups (broad SMARTS) is 1. The molecule has 1 aromatic carbocycles. The van der Waals surface area contributed by atoms with Crippen LogP contribution in [0.15, 0.2) is 29.3 Å². The highest BCUT2D eigenvalue weighted by Crippen LogP contribution is 2.17. The molecule has 0 spiro atoms. The number of aliphatic imine (C=N–C) groups is 1. The van der Waals surface area contributed by atoms with Crippen molar-refractivity contribution in [2.75, 3.05) is 72.5 Å². The Balaban J connectivity index is 1.64. The van der Waals surface area contributed by atoms with Gasteiger partial charge in [-0.2, -0.15) is 4.99 Å². The summed E-state index contributed by atoms with van der Waals surface area (Å²) >= 11 is 4.65. The van der Waals surface area contributed by atoms with E-state index < -0.39 is 12.0 Å². The van der Waals surface area contributed by atoms with Crippen molar-refractivity contribution >= 4 is 29.0 Å². The second kappa shape index (κ2) is 13.1. The van der Waals surface area contributed by atoms with E-state index in [0.717, 1.165) is 89.5 Å². The number of benzene rings is 1. The first kappa shape index (κ1) is 25.0. The van der Waals surface area contributed by atoms with E-state index >= 15 is 0 Å². The van der Waals surface area contributed by atoms with Gasteiger partial charge in [0.15, 0.2) is 0 Å². The molecule has 0 saturated carbocycles. The minimum absolute atomic E-state index is 0.456. The third kappa shape index (κ3) is 8.03. The molecule has 2 heterocycles. The Morgan fingerprint density at radius 1 is 0.969 bits per heavy atom. The fraction of sp³-hybridized carbons (Fsp3) is 0.667. The maximum atomic E-state index is 12.2. The lowest BCUT2D eigenvalue weighted by atomic mass is 10.0. The first-order valence-corrected chi connectivity index (χ1v) is 12.2. The maximum Gasteiger partial charge on any atom is 0.320 e. The second-order valence-corrected chi connectivity index (χ2v) is 9.17. The zero-order valence-electron chi connectivity index (χ0n) is 19.3. The molecule has 0 radical (unpaired) electrons. The molecular formula is C24H37N5O2S. The number of isothiocyanates is 1. The summed E-state index contributed by atoms with van der Waals surface area (Å²) in [6.45, 7) is 10.2. The molecule has 1 N–H and O–H groups in total. The number of rotatable bonds is 6. The fourth-order valence-electron chi connectivity index (χ4n) is 4.69. The Hall–Kier alpha value is -1.67. The molecule has 1 aromatic rings. The van der Waals surface area contributed by atoms with Gasteiger partial charge in [0, 0.05) is 45.8 Å². The quantitative estimate of drug-likeness (QED) is 0.518. The van der Waals surface area contributed by atoms with Crippen molar-refractivity contribution in [1.29, 1.82) is 0 Å². The average Bonchev–Trinajstić information content (AvgIpc) is 2.78. The number of fused-ring (bicyclic) bond motifs is 3. The highest BCUT2D eigenvalue weighted by molar-refractivity contribution is 7.78. The van der Waals surface area contributed by atoms with Crippen LogP contribution in [0.2, 0.25) is 0 Å². The van der Waals surface area contributed by atoms with E-state index in [4.69, 9.17) is 0 Å². The van der Waals surface area contributed by atoms with Crippen LogP contribution < -0.4 is 0 Å². The summed E-state index contributed by atoms with van der Waals surface area (Å²) in [5.41, 5.74) is 1.90. The van der Waals surface area contributed by atoms with E-state index in [1.54, 1.807) is 0 Å². The van der Waals surface area contributed by atoms with Gasteiger partial charge in [0.1, 0.15) is 6.04 Å². The molecule has 176 valence electrons. The van der Waals surface area contributed by atoms with Crippen LogP contribution >= 0.6 is 12.2 Å². The smallest absolute Gasteiger partial charge is 0.320 e. The minimum atomic E-state index is -0.713. The molecule has 3 rings (SSSR count). The Morgan fingerprint density at radius 2 is 1.59 bits per heavy atom. The van der Waals surface area contributed by atoms with Crippen molar-refractivity contribution in [3.8, 4) is 0 Å². The van der Waals surface area contributed by atoms with E-state index in [-0.39, 0.29) is 0 Å². The molecule has 32 heavy (non-hydrogen) atoms. The standard InChI is InChI=1S/C24H37N5O2S/c1-26-10-2-11-28-17-16-27(15-14-26)12-3-13-29(19-18-28)23(24(30)31)9-6-21-4-7-22(8-5-21)25-20-32/h4-5,7-8,23H,2-3,6,9-19H2,1H3,(H,30,31). The number of carboxylic acids is 1. The zero-order chi connectivity index (χ0) is 22.8. The van der Waals surface area contributed by atoms with Crippen LogP contribution in [0.5, 0.6) is 0 Å². The number of nitrogens with zero attached hydrogens (tertiary/aromatic N) is 5. The molecule has 2 aliphatic heterocycles. The Kier molecular flexibility index (Phi) is 10.2. The molecule has 2 aliphatic rings. The van der Waals surface area contributed by atoms with Crippen molar-refractivity contribution < 1.29 is 9.90 Å². The molecule has 3 unspecified atom stereocenters. The first-order chi connectivity index (χ1) is 15.5. The molecule has 0 amide bonds. The Morgan fingerprint density at radius 3 is 2.25 bits per heavy atom. The van der Waals surface area contributed by atoms with Gasteiger partial charge in [0.2, 0.25) is 0 Å². The number of likely N-dealkylation sites (N-methyl/N-ethyl adjacent to an activating group) is 1. The van der Waals surface area contributed by atoms with Gasteiger partial charge >= 0.3 is 5.97 Å². The van der Waals surface area contributed by atoms with Crippen LogP contribution in [0, 0.1) is 0 Å². The SMILES string of the molecule is CN1CCCN2CCN(CCCN(C(CCc3ccc(N=C=S)cc3)C(=O)O)CC2)CC1. The highest BCUT2D eigenvalue weighted by atomic mass is 32.1. The number of hydrogen-bond donors (Lipinski definition) is 1. The second-order valence-electron chi connectivity index (χ2n) is 8.99. The predicted octanol–water partition coefficient (Wildman–Crippen LogP) is 2.45. The van der Waals surface area contributed by atoms with E-state index in [2.05, 4.69) is 49.0 Å². The number of carbonyl (C=O) groups is 1. The molecule has 2 saturated heterocycles. The molecule has 3 atom stereocenters. The third-order valence-corrected chi connectivity index (χ3v) is 6.80. The normalized spacial score (nSPS) is 24.9. The number of thiocarbonyl (C=S) groups is 1. The predicted molar refractivity (Wildman–Crippen MR) is 132 cm³/mol. The Labute approximate surface area is 197 Å². The van der Waals surface area contributed by atoms with Crippen molar-refractivity contribution in [3.05, 3.63) is 29.8 Å². The van der Waals surface area contributed by atoms with Gasteiger partial charge in [-0.3, -0.25) is 9.69 Å². The summed E-state index contributed by atoms with van der Waals surface area (Å²) in [7, 11) is 2.22. The summed E-state index contributed by atoms with van der Waals surface area (Å²) in [4.78, 5) is 25.9. The number of hydrogen-bond acceptors (Lipinski definition) is 7. The molecule has 2 fully saturated rings. The van der Waals surface area contributed by atoms with Gasteiger partial charge in [0.25, 0.3) is 0 Å². The summed E-state index contributed by atoms with van der Waals surface area (Å²) in [6.07, 6.45) is 3.52. The van der Waals surface area contributed by atoms with Crippen LogP contribution in [-0.4, -0.2) is 114 Å². The maximum absolute atomic E-state index is 12.2. The van der Waals surface area contributed by atoms with Gasteiger partial charge in [-0.05, 0) is 82.3 Å². The van der Waals surface area contributed by atoms with Crippen LogP contribution in [0.3, 0.4) is 0 Å². The van der Waals surface area contributed by atoms with Crippen LogP contribution in [0.25, 0.3) is 0 Å². The van der Waals surface area contributed by atoms with E-state index in [0.29, 0.717) is 6.42 Å².